The normalized spacial score (nSPS) is 24.9. The molecule has 1 aliphatic heterocycles. The van der Waals surface area contributed by atoms with Gasteiger partial charge in [0.15, 0.2) is 0 Å². The molecule has 0 aromatic heterocycles. The summed E-state index contributed by atoms with van der Waals surface area (Å²) in [6.45, 7) is 10.8. The van der Waals surface area contributed by atoms with Crippen molar-refractivity contribution in [1.82, 2.24) is 10.2 Å². The van der Waals surface area contributed by atoms with Crippen LogP contribution in [0.15, 0.2) is 0 Å². The molecular weight excluding hydrogens is 172 g/mol. The van der Waals surface area contributed by atoms with Crippen LogP contribution in [0.3, 0.4) is 0 Å². The number of likely N-dealkylation sites (N-methyl/N-ethyl adjacent to an activating group) is 1. The molecule has 84 valence electrons. The molecule has 1 saturated heterocycles. The molecule has 2 heteroatoms. The third-order valence-corrected chi connectivity index (χ3v) is 3.94. The van der Waals surface area contributed by atoms with Gasteiger partial charge in [-0.2, -0.15) is 0 Å². The average Bonchev–Trinajstić information content (AvgIpc) is 2.21. The highest BCUT2D eigenvalue weighted by Gasteiger charge is 2.28. The van der Waals surface area contributed by atoms with E-state index in [9.17, 15) is 0 Å². The average molecular weight is 198 g/mol. The van der Waals surface area contributed by atoms with Gasteiger partial charge in [-0.15, -0.1) is 0 Å². The molecule has 0 saturated carbocycles. The van der Waals surface area contributed by atoms with Gasteiger partial charge in [0, 0.05) is 12.6 Å². The Morgan fingerprint density at radius 2 is 1.93 bits per heavy atom. The van der Waals surface area contributed by atoms with Gasteiger partial charge in [0.05, 0.1) is 0 Å². The van der Waals surface area contributed by atoms with Crippen molar-refractivity contribution in [3.8, 4) is 0 Å². The number of rotatable bonds is 4. The monoisotopic (exact) mass is 198 g/mol. The fourth-order valence-electron chi connectivity index (χ4n) is 2.11. The second kappa shape index (κ2) is 5.13. The predicted octanol–water partition coefficient (Wildman–Crippen LogP) is 2.11. The Bertz CT molecular complexity index is 160. The number of hydrogen-bond donors (Lipinski definition) is 1. The Hall–Kier alpha value is -0.0800. The van der Waals surface area contributed by atoms with Gasteiger partial charge in [-0.3, -0.25) is 0 Å². The highest BCUT2D eigenvalue weighted by Crippen LogP contribution is 2.33. The van der Waals surface area contributed by atoms with E-state index in [0.717, 1.165) is 0 Å². The maximum Gasteiger partial charge on any atom is 0.0163 e. The zero-order valence-electron chi connectivity index (χ0n) is 10.3. The summed E-state index contributed by atoms with van der Waals surface area (Å²) in [4.78, 5) is 2.60. The number of hydrogen-bond acceptors (Lipinski definition) is 2. The van der Waals surface area contributed by atoms with Crippen molar-refractivity contribution in [1.29, 1.82) is 0 Å². The molecule has 1 atom stereocenters. The third-order valence-electron chi connectivity index (χ3n) is 3.94. The van der Waals surface area contributed by atoms with Gasteiger partial charge in [-0.05, 0) is 45.3 Å². The lowest BCUT2D eigenvalue weighted by Crippen LogP contribution is -2.44. The van der Waals surface area contributed by atoms with Gasteiger partial charge in [0.25, 0.3) is 0 Å². The molecule has 0 aromatic carbocycles. The van der Waals surface area contributed by atoms with E-state index in [4.69, 9.17) is 0 Å². The highest BCUT2D eigenvalue weighted by atomic mass is 15.1. The van der Waals surface area contributed by atoms with Gasteiger partial charge in [0.1, 0.15) is 0 Å². The first kappa shape index (κ1) is 12.0. The van der Waals surface area contributed by atoms with Gasteiger partial charge >= 0.3 is 0 Å². The number of likely N-dealkylation sites (tertiary alicyclic amines) is 1. The van der Waals surface area contributed by atoms with Crippen LogP contribution in [-0.4, -0.2) is 37.6 Å². The lowest BCUT2D eigenvalue weighted by molar-refractivity contribution is 0.109. The Balaban J connectivity index is 2.29. The number of nitrogens with zero attached hydrogens (tertiary/aromatic N) is 1. The van der Waals surface area contributed by atoms with Crippen LogP contribution >= 0.6 is 0 Å². The summed E-state index contributed by atoms with van der Waals surface area (Å²) in [6, 6.07) is 0.626. The van der Waals surface area contributed by atoms with E-state index in [1.165, 1.54) is 38.9 Å². The van der Waals surface area contributed by atoms with Crippen LogP contribution in [0.4, 0.5) is 0 Å². The first-order valence-corrected chi connectivity index (χ1v) is 5.99. The SMILES string of the molecule is CCC1(C)CCN(CC(C)NC)CC1. The second-order valence-electron chi connectivity index (χ2n) is 5.15. The van der Waals surface area contributed by atoms with Crippen molar-refractivity contribution in [2.45, 2.75) is 46.1 Å². The lowest BCUT2D eigenvalue weighted by Gasteiger charge is -2.39. The molecule has 14 heavy (non-hydrogen) atoms. The molecule has 1 heterocycles. The Kier molecular flexibility index (Phi) is 4.39. The summed E-state index contributed by atoms with van der Waals surface area (Å²) in [5.74, 6) is 0. The fourth-order valence-corrected chi connectivity index (χ4v) is 2.11. The van der Waals surface area contributed by atoms with Crippen molar-refractivity contribution in [3.63, 3.8) is 0 Å². The third kappa shape index (κ3) is 3.25. The second-order valence-corrected chi connectivity index (χ2v) is 5.15. The molecule has 1 rings (SSSR count). The summed E-state index contributed by atoms with van der Waals surface area (Å²) in [6.07, 6.45) is 4.09. The minimum absolute atomic E-state index is 0.624. The molecule has 1 N–H and O–H groups in total. The molecule has 1 aliphatic rings. The molecule has 0 aliphatic carbocycles. The largest absolute Gasteiger partial charge is 0.316 e. The maximum atomic E-state index is 3.31. The smallest absolute Gasteiger partial charge is 0.0163 e. The fraction of sp³-hybridized carbons (Fsp3) is 1.00. The summed E-state index contributed by atoms with van der Waals surface area (Å²) in [5, 5.41) is 3.31. The summed E-state index contributed by atoms with van der Waals surface area (Å²) >= 11 is 0. The minimum atomic E-state index is 0.624. The van der Waals surface area contributed by atoms with Gasteiger partial charge in [0.2, 0.25) is 0 Å². The Labute approximate surface area is 89.1 Å². The predicted molar refractivity (Wildman–Crippen MR) is 62.6 cm³/mol. The molecule has 0 aromatic rings. The van der Waals surface area contributed by atoms with E-state index >= 15 is 0 Å². The van der Waals surface area contributed by atoms with Gasteiger partial charge in [-0.1, -0.05) is 20.3 Å². The molecule has 0 amide bonds. The van der Waals surface area contributed by atoms with Crippen LogP contribution in [0.5, 0.6) is 0 Å². The zero-order valence-corrected chi connectivity index (χ0v) is 10.3. The molecule has 0 radical (unpaired) electrons. The molecule has 1 fully saturated rings. The van der Waals surface area contributed by atoms with Crippen molar-refractivity contribution in [2.75, 3.05) is 26.7 Å². The van der Waals surface area contributed by atoms with Crippen molar-refractivity contribution < 1.29 is 0 Å². The number of nitrogens with one attached hydrogen (secondary N) is 1. The van der Waals surface area contributed by atoms with E-state index in [2.05, 4.69) is 31.0 Å². The lowest BCUT2D eigenvalue weighted by atomic mass is 9.78. The highest BCUT2D eigenvalue weighted by molar-refractivity contribution is 4.82. The minimum Gasteiger partial charge on any atom is -0.316 e. The first-order valence-electron chi connectivity index (χ1n) is 5.99. The van der Waals surface area contributed by atoms with Crippen LogP contribution < -0.4 is 5.32 Å². The molecule has 1 unspecified atom stereocenters. The number of piperidine rings is 1. The molecular formula is C12H26N2. The summed E-state index contributed by atoms with van der Waals surface area (Å²) < 4.78 is 0. The first-order chi connectivity index (χ1) is 6.59. The van der Waals surface area contributed by atoms with Crippen LogP contribution in [0.25, 0.3) is 0 Å². The summed E-state index contributed by atoms with van der Waals surface area (Å²) in [5.41, 5.74) is 0.624. The standard InChI is InChI=1S/C12H26N2/c1-5-12(3)6-8-14(9-7-12)10-11(2)13-4/h11,13H,5-10H2,1-4H3. The summed E-state index contributed by atoms with van der Waals surface area (Å²) in [7, 11) is 2.05. The Morgan fingerprint density at radius 3 is 2.36 bits per heavy atom. The van der Waals surface area contributed by atoms with E-state index in [-0.39, 0.29) is 0 Å². The quantitative estimate of drug-likeness (QED) is 0.744. The van der Waals surface area contributed by atoms with Crippen LogP contribution in [0.2, 0.25) is 0 Å². The Morgan fingerprint density at radius 1 is 1.36 bits per heavy atom. The van der Waals surface area contributed by atoms with Crippen LogP contribution in [0, 0.1) is 5.41 Å². The zero-order chi connectivity index (χ0) is 10.6. The molecule has 0 spiro atoms. The topological polar surface area (TPSA) is 15.3 Å². The van der Waals surface area contributed by atoms with Crippen molar-refractivity contribution in [2.24, 2.45) is 5.41 Å². The maximum absolute atomic E-state index is 3.31. The van der Waals surface area contributed by atoms with Crippen molar-refractivity contribution >= 4 is 0 Å². The van der Waals surface area contributed by atoms with Crippen molar-refractivity contribution in [3.05, 3.63) is 0 Å². The van der Waals surface area contributed by atoms with E-state index in [0.29, 0.717) is 11.5 Å². The van der Waals surface area contributed by atoms with E-state index in [1.807, 2.05) is 7.05 Å². The van der Waals surface area contributed by atoms with Gasteiger partial charge in [-0.25, -0.2) is 0 Å². The van der Waals surface area contributed by atoms with Crippen LogP contribution in [0.1, 0.15) is 40.0 Å². The van der Waals surface area contributed by atoms with E-state index < -0.39 is 0 Å². The van der Waals surface area contributed by atoms with E-state index in [1.54, 1.807) is 0 Å². The molecule has 2 nitrogen and oxygen atoms in total. The van der Waals surface area contributed by atoms with Crippen LogP contribution in [-0.2, 0) is 0 Å². The molecule has 0 bridgehead atoms. The van der Waals surface area contributed by atoms with Gasteiger partial charge < -0.3 is 10.2 Å².